The first-order valence-corrected chi connectivity index (χ1v) is 6.42. The molecule has 0 saturated carbocycles. The van der Waals surface area contributed by atoms with Crippen LogP contribution in [0.25, 0.3) is 0 Å². The van der Waals surface area contributed by atoms with Gasteiger partial charge in [0.2, 0.25) is 0 Å². The summed E-state index contributed by atoms with van der Waals surface area (Å²) in [6.45, 7) is 3.21. The van der Waals surface area contributed by atoms with Crippen LogP contribution in [0.1, 0.15) is 12.5 Å². The smallest absolute Gasteiger partial charge is 0.410 e. The highest BCUT2D eigenvalue weighted by atomic mass is 16.6. The minimum absolute atomic E-state index is 0.260. The van der Waals surface area contributed by atoms with Crippen molar-refractivity contribution in [3.8, 4) is 0 Å². The third-order valence-electron chi connectivity index (χ3n) is 3.09. The summed E-state index contributed by atoms with van der Waals surface area (Å²) >= 11 is 0. The molecule has 2 atom stereocenters. The third kappa shape index (κ3) is 3.94. The predicted octanol–water partition coefficient (Wildman–Crippen LogP) is 1.40. The molecule has 1 aromatic carbocycles. The van der Waals surface area contributed by atoms with Gasteiger partial charge in [-0.1, -0.05) is 30.3 Å². The summed E-state index contributed by atoms with van der Waals surface area (Å²) in [5.41, 5.74) is 0.955. The molecule has 5 heteroatoms. The predicted molar refractivity (Wildman–Crippen MR) is 69.6 cm³/mol. The number of hydrogen-bond donors (Lipinski definition) is 1. The minimum Gasteiger partial charge on any atom is -0.445 e. The van der Waals surface area contributed by atoms with Gasteiger partial charge in [0.15, 0.2) is 0 Å². The van der Waals surface area contributed by atoms with Crippen LogP contribution in [0.15, 0.2) is 30.3 Å². The Bertz CT molecular complexity index is 407. The molecule has 1 aromatic rings. The van der Waals surface area contributed by atoms with E-state index in [-0.39, 0.29) is 18.8 Å². The first kappa shape index (κ1) is 13.8. The number of rotatable bonds is 3. The van der Waals surface area contributed by atoms with Gasteiger partial charge in [-0.25, -0.2) is 4.79 Å². The van der Waals surface area contributed by atoms with Crippen molar-refractivity contribution >= 4 is 6.09 Å². The number of benzene rings is 1. The lowest BCUT2D eigenvalue weighted by Crippen LogP contribution is -2.49. The van der Waals surface area contributed by atoms with Crippen molar-refractivity contribution in [2.24, 2.45) is 0 Å². The van der Waals surface area contributed by atoms with E-state index < -0.39 is 6.10 Å². The highest BCUT2D eigenvalue weighted by Crippen LogP contribution is 2.11. The maximum atomic E-state index is 11.9. The van der Waals surface area contributed by atoms with Crippen LogP contribution in [0.3, 0.4) is 0 Å². The van der Waals surface area contributed by atoms with Crippen molar-refractivity contribution < 1.29 is 19.4 Å². The number of aliphatic hydroxyl groups is 1. The van der Waals surface area contributed by atoms with Gasteiger partial charge in [-0.2, -0.15) is 0 Å². The SMILES string of the molecule is CC(O)C1CN(C(=O)OCc2ccccc2)CCO1. The number of carbonyl (C=O) groups is 1. The van der Waals surface area contributed by atoms with Crippen LogP contribution < -0.4 is 0 Å². The second-order valence-corrected chi connectivity index (χ2v) is 4.64. The van der Waals surface area contributed by atoms with Gasteiger partial charge in [-0.3, -0.25) is 0 Å². The zero-order chi connectivity index (χ0) is 13.7. The van der Waals surface area contributed by atoms with Crippen molar-refractivity contribution in [2.45, 2.75) is 25.7 Å². The molecule has 104 valence electrons. The second kappa shape index (κ2) is 6.54. The number of nitrogens with zero attached hydrogens (tertiary/aromatic N) is 1. The maximum Gasteiger partial charge on any atom is 0.410 e. The van der Waals surface area contributed by atoms with E-state index in [9.17, 15) is 9.90 Å². The van der Waals surface area contributed by atoms with Crippen LogP contribution in [0.2, 0.25) is 0 Å². The lowest BCUT2D eigenvalue weighted by molar-refractivity contribution is -0.0788. The van der Waals surface area contributed by atoms with Crippen LogP contribution in [-0.4, -0.2) is 48.0 Å². The second-order valence-electron chi connectivity index (χ2n) is 4.64. The number of amides is 1. The summed E-state index contributed by atoms with van der Waals surface area (Å²) in [5.74, 6) is 0. The largest absolute Gasteiger partial charge is 0.445 e. The van der Waals surface area contributed by atoms with E-state index in [1.54, 1.807) is 11.8 Å². The molecule has 1 saturated heterocycles. The number of morpholine rings is 1. The Morgan fingerprint density at radius 2 is 2.26 bits per heavy atom. The lowest BCUT2D eigenvalue weighted by Gasteiger charge is -2.33. The quantitative estimate of drug-likeness (QED) is 0.897. The van der Waals surface area contributed by atoms with E-state index in [0.717, 1.165) is 5.56 Å². The fourth-order valence-electron chi connectivity index (χ4n) is 1.94. The summed E-state index contributed by atoms with van der Waals surface area (Å²) in [7, 11) is 0. The number of ether oxygens (including phenoxy) is 2. The molecule has 1 N–H and O–H groups in total. The Kier molecular flexibility index (Phi) is 4.76. The summed E-state index contributed by atoms with van der Waals surface area (Å²) in [6.07, 6.45) is -1.29. The zero-order valence-electron chi connectivity index (χ0n) is 11.0. The molecule has 1 aliphatic rings. The van der Waals surface area contributed by atoms with E-state index in [4.69, 9.17) is 9.47 Å². The molecule has 1 aliphatic heterocycles. The molecule has 2 rings (SSSR count). The van der Waals surface area contributed by atoms with Crippen LogP contribution in [0.5, 0.6) is 0 Å². The average molecular weight is 265 g/mol. The molecule has 2 unspecified atom stereocenters. The lowest BCUT2D eigenvalue weighted by atomic mass is 10.2. The molecule has 0 spiro atoms. The molecule has 0 aliphatic carbocycles. The fourth-order valence-corrected chi connectivity index (χ4v) is 1.94. The molecule has 1 heterocycles. The monoisotopic (exact) mass is 265 g/mol. The molecule has 1 amide bonds. The number of aliphatic hydroxyl groups excluding tert-OH is 1. The van der Waals surface area contributed by atoms with Gasteiger partial charge in [0.05, 0.1) is 19.3 Å². The molecular formula is C14H19NO4. The molecule has 19 heavy (non-hydrogen) atoms. The van der Waals surface area contributed by atoms with E-state index in [1.165, 1.54) is 0 Å². The molecule has 0 bridgehead atoms. The van der Waals surface area contributed by atoms with Crippen LogP contribution in [0.4, 0.5) is 4.79 Å². The van der Waals surface area contributed by atoms with Gasteiger partial charge in [0, 0.05) is 6.54 Å². The van der Waals surface area contributed by atoms with Crippen molar-refractivity contribution in [1.82, 2.24) is 4.90 Å². The number of carbonyl (C=O) groups excluding carboxylic acids is 1. The van der Waals surface area contributed by atoms with Gasteiger partial charge in [0.1, 0.15) is 12.7 Å². The van der Waals surface area contributed by atoms with Gasteiger partial charge in [-0.05, 0) is 12.5 Å². The van der Waals surface area contributed by atoms with Crippen LogP contribution >= 0.6 is 0 Å². The molecule has 0 radical (unpaired) electrons. The Balaban J connectivity index is 1.83. The van der Waals surface area contributed by atoms with Crippen molar-refractivity contribution in [2.75, 3.05) is 19.7 Å². The van der Waals surface area contributed by atoms with Crippen LogP contribution in [-0.2, 0) is 16.1 Å². The Morgan fingerprint density at radius 3 is 2.95 bits per heavy atom. The highest BCUT2D eigenvalue weighted by molar-refractivity contribution is 5.67. The Labute approximate surface area is 112 Å². The molecule has 0 aromatic heterocycles. The van der Waals surface area contributed by atoms with Crippen molar-refractivity contribution in [3.63, 3.8) is 0 Å². The van der Waals surface area contributed by atoms with E-state index in [2.05, 4.69) is 0 Å². The fraction of sp³-hybridized carbons (Fsp3) is 0.500. The van der Waals surface area contributed by atoms with Gasteiger partial charge >= 0.3 is 6.09 Å². The standard InChI is InChI=1S/C14H19NO4/c1-11(16)13-9-15(7-8-18-13)14(17)19-10-12-5-3-2-4-6-12/h2-6,11,13,16H,7-10H2,1H3. The van der Waals surface area contributed by atoms with E-state index in [0.29, 0.717) is 19.7 Å². The van der Waals surface area contributed by atoms with E-state index >= 15 is 0 Å². The Hall–Kier alpha value is -1.59. The third-order valence-corrected chi connectivity index (χ3v) is 3.09. The summed E-state index contributed by atoms with van der Waals surface area (Å²) < 4.78 is 10.6. The first-order valence-electron chi connectivity index (χ1n) is 6.42. The normalized spacial score (nSPS) is 20.9. The van der Waals surface area contributed by atoms with Crippen molar-refractivity contribution in [1.29, 1.82) is 0 Å². The summed E-state index contributed by atoms with van der Waals surface area (Å²) in [6, 6.07) is 9.54. The number of hydrogen-bond acceptors (Lipinski definition) is 4. The first-order chi connectivity index (χ1) is 9.16. The highest BCUT2D eigenvalue weighted by Gasteiger charge is 2.27. The minimum atomic E-state index is -0.593. The molecule has 1 fully saturated rings. The van der Waals surface area contributed by atoms with Gasteiger partial charge < -0.3 is 19.5 Å². The average Bonchev–Trinajstić information content (AvgIpc) is 2.46. The van der Waals surface area contributed by atoms with Crippen LogP contribution in [0, 0.1) is 0 Å². The molecule has 5 nitrogen and oxygen atoms in total. The molecular weight excluding hydrogens is 246 g/mol. The summed E-state index contributed by atoms with van der Waals surface area (Å²) in [4.78, 5) is 13.5. The van der Waals surface area contributed by atoms with Gasteiger partial charge in [-0.15, -0.1) is 0 Å². The maximum absolute atomic E-state index is 11.9. The summed E-state index contributed by atoms with van der Waals surface area (Å²) in [5, 5.41) is 9.48. The topological polar surface area (TPSA) is 59.0 Å². The zero-order valence-corrected chi connectivity index (χ0v) is 11.0. The van der Waals surface area contributed by atoms with E-state index in [1.807, 2.05) is 30.3 Å². The van der Waals surface area contributed by atoms with Gasteiger partial charge in [0.25, 0.3) is 0 Å². The van der Waals surface area contributed by atoms with Crippen molar-refractivity contribution in [3.05, 3.63) is 35.9 Å². The Morgan fingerprint density at radius 1 is 1.53 bits per heavy atom.